The van der Waals surface area contributed by atoms with Gasteiger partial charge in [-0.05, 0) is 56.2 Å². The second kappa shape index (κ2) is 8.37. The van der Waals surface area contributed by atoms with E-state index in [4.69, 9.17) is 0 Å². The average Bonchev–Trinajstić information content (AvgIpc) is 2.44. The predicted molar refractivity (Wildman–Crippen MR) is 83.4 cm³/mol. The van der Waals surface area contributed by atoms with Crippen LogP contribution in [0.1, 0.15) is 51.0 Å². The highest BCUT2D eigenvalue weighted by Crippen LogP contribution is 2.30. The molecule has 0 spiro atoms. The molecule has 1 nitrogen and oxygen atoms in total. The highest BCUT2D eigenvalue weighted by molar-refractivity contribution is 5.14. The Morgan fingerprint density at radius 1 is 1.11 bits per heavy atom. The first kappa shape index (κ1) is 14.6. The molecule has 2 unspecified atom stereocenters. The van der Waals surface area contributed by atoms with Gasteiger partial charge in [0.15, 0.2) is 0 Å². The molecule has 0 bridgehead atoms. The summed E-state index contributed by atoms with van der Waals surface area (Å²) in [4.78, 5) is 0. The first-order valence-corrected chi connectivity index (χ1v) is 8.09. The van der Waals surface area contributed by atoms with Gasteiger partial charge in [0.05, 0.1) is 0 Å². The van der Waals surface area contributed by atoms with Crippen molar-refractivity contribution in [2.45, 2.75) is 51.9 Å². The molecule has 106 valence electrons. The van der Waals surface area contributed by atoms with Crippen molar-refractivity contribution in [1.82, 2.24) is 5.32 Å². The molecular weight excluding hydrogens is 230 g/mol. The summed E-state index contributed by atoms with van der Waals surface area (Å²) in [5.41, 5.74) is 1.46. The Kier molecular flexibility index (Phi) is 6.43. The molecular formula is C18H29N. The van der Waals surface area contributed by atoms with Gasteiger partial charge in [-0.2, -0.15) is 0 Å². The highest BCUT2D eigenvalue weighted by Gasteiger charge is 2.17. The quantitative estimate of drug-likeness (QED) is 0.715. The summed E-state index contributed by atoms with van der Waals surface area (Å²) >= 11 is 0. The molecule has 0 aromatic heterocycles. The Balaban J connectivity index is 1.48. The fraction of sp³-hybridized carbons (Fsp3) is 0.667. The van der Waals surface area contributed by atoms with Crippen LogP contribution in [-0.2, 0) is 6.42 Å². The van der Waals surface area contributed by atoms with Gasteiger partial charge in [0.2, 0.25) is 0 Å². The summed E-state index contributed by atoms with van der Waals surface area (Å²) < 4.78 is 0. The highest BCUT2D eigenvalue weighted by atomic mass is 14.8. The van der Waals surface area contributed by atoms with Crippen molar-refractivity contribution in [3.63, 3.8) is 0 Å². The van der Waals surface area contributed by atoms with Crippen LogP contribution in [0, 0.1) is 11.8 Å². The Bertz CT molecular complexity index is 333. The van der Waals surface area contributed by atoms with Crippen molar-refractivity contribution in [2.24, 2.45) is 11.8 Å². The first-order valence-electron chi connectivity index (χ1n) is 8.09. The Morgan fingerprint density at radius 3 is 2.74 bits per heavy atom. The zero-order valence-corrected chi connectivity index (χ0v) is 12.4. The first-order chi connectivity index (χ1) is 9.34. The summed E-state index contributed by atoms with van der Waals surface area (Å²) in [7, 11) is 0. The van der Waals surface area contributed by atoms with Gasteiger partial charge in [-0.3, -0.25) is 0 Å². The lowest BCUT2D eigenvalue weighted by Crippen LogP contribution is -2.22. The molecule has 1 N–H and O–H groups in total. The fourth-order valence-corrected chi connectivity index (χ4v) is 3.32. The summed E-state index contributed by atoms with van der Waals surface area (Å²) in [5, 5.41) is 3.62. The maximum atomic E-state index is 3.62. The van der Waals surface area contributed by atoms with Crippen LogP contribution < -0.4 is 5.32 Å². The van der Waals surface area contributed by atoms with Gasteiger partial charge in [0.1, 0.15) is 0 Å². The maximum absolute atomic E-state index is 3.62. The molecule has 0 amide bonds. The van der Waals surface area contributed by atoms with E-state index in [1.54, 1.807) is 0 Å². The van der Waals surface area contributed by atoms with Crippen LogP contribution in [-0.4, -0.2) is 13.1 Å². The molecule has 1 fully saturated rings. The lowest BCUT2D eigenvalue weighted by atomic mass is 9.81. The van der Waals surface area contributed by atoms with Crippen LogP contribution in [0.3, 0.4) is 0 Å². The summed E-state index contributed by atoms with van der Waals surface area (Å²) in [6.07, 6.45) is 9.69. The van der Waals surface area contributed by atoms with Gasteiger partial charge < -0.3 is 5.32 Å². The van der Waals surface area contributed by atoms with Gasteiger partial charge in [0.25, 0.3) is 0 Å². The number of hydrogen-bond donors (Lipinski definition) is 1. The van der Waals surface area contributed by atoms with Crippen molar-refractivity contribution in [3.8, 4) is 0 Å². The predicted octanol–water partition coefficient (Wildman–Crippen LogP) is 4.43. The minimum absolute atomic E-state index is 0.969. The van der Waals surface area contributed by atoms with Gasteiger partial charge in [-0.1, -0.05) is 56.5 Å². The van der Waals surface area contributed by atoms with E-state index >= 15 is 0 Å². The number of rotatable bonds is 7. The number of hydrogen-bond acceptors (Lipinski definition) is 1. The fourth-order valence-electron chi connectivity index (χ4n) is 3.32. The normalized spacial score (nSPS) is 23.4. The summed E-state index contributed by atoms with van der Waals surface area (Å²) in [5.74, 6) is 1.96. The molecule has 19 heavy (non-hydrogen) atoms. The van der Waals surface area contributed by atoms with Crippen molar-refractivity contribution in [3.05, 3.63) is 35.9 Å². The average molecular weight is 259 g/mol. The van der Waals surface area contributed by atoms with Crippen molar-refractivity contribution in [2.75, 3.05) is 13.1 Å². The number of nitrogens with one attached hydrogen (secondary N) is 1. The van der Waals surface area contributed by atoms with E-state index in [-0.39, 0.29) is 0 Å². The molecule has 2 rings (SSSR count). The molecule has 1 saturated carbocycles. The second-order valence-corrected chi connectivity index (χ2v) is 6.27. The molecule has 0 radical (unpaired) electrons. The van der Waals surface area contributed by atoms with Crippen LogP contribution in [0.2, 0.25) is 0 Å². The Hall–Kier alpha value is -0.820. The zero-order chi connectivity index (χ0) is 13.3. The third-order valence-corrected chi connectivity index (χ3v) is 4.44. The van der Waals surface area contributed by atoms with Crippen LogP contribution >= 0.6 is 0 Å². The Morgan fingerprint density at radius 2 is 1.95 bits per heavy atom. The van der Waals surface area contributed by atoms with Crippen LogP contribution in [0.5, 0.6) is 0 Å². The summed E-state index contributed by atoms with van der Waals surface area (Å²) in [6, 6.07) is 10.8. The van der Waals surface area contributed by atoms with E-state index in [9.17, 15) is 0 Å². The van der Waals surface area contributed by atoms with Crippen molar-refractivity contribution in [1.29, 1.82) is 0 Å². The SMILES string of the molecule is CC1CCCC(CCNCCCc2ccccc2)C1. The second-order valence-electron chi connectivity index (χ2n) is 6.27. The topological polar surface area (TPSA) is 12.0 Å². The van der Waals surface area contributed by atoms with Gasteiger partial charge in [-0.25, -0.2) is 0 Å². The number of benzene rings is 1. The molecule has 2 atom stereocenters. The van der Waals surface area contributed by atoms with Gasteiger partial charge >= 0.3 is 0 Å². The monoisotopic (exact) mass is 259 g/mol. The van der Waals surface area contributed by atoms with Crippen LogP contribution in [0.4, 0.5) is 0 Å². The van der Waals surface area contributed by atoms with E-state index in [1.165, 1.54) is 57.1 Å². The maximum Gasteiger partial charge on any atom is -0.00457 e. The minimum atomic E-state index is 0.969. The zero-order valence-electron chi connectivity index (χ0n) is 12.4. The minimum Gasteiger partial charge on any atom is -0.317 e. The number of aryl methyl sites for hydroxylation is 1. The molecule has 0 saturated heterocycles. The van der Waals surface area contributed by atoms with Gasteiger partial charge in [0, 0.05) is 0 Å². The van der Waals surface area contributed by atoms with E-state index < -0.39 is 0 Å². The lowest BCUT2D eigenvalue weighted by molar-refractivity contribution is 0.267. The third kappa shape index (κ3) is 5.78. The molecule has 0 heterocycles. The largest absolute Gasteiger partial charge is 0.317 e. The smallest absolute Gasteiger partial charge is 0.00457 e. The molecule has 1 heteroatoms. The molecule has 1 aliphatic carbocycles. The molecule has 0 aliphatic heterocycles. The van der Waals surface area contributed by atoms with Gasteiger partial charge in [-0.15, -0.1) is 0 Å². The standard InChI is InChI=1S/C18H29N/c1-16-7-5-10-18(15-16)12-14-19-13-6-11-17-8-3-2-4-9-17/h2-4,8-9,16,18-19H,5-7,10-15H2,1H3. The van der Waals surface area contributed by atoms with Crippen LogP contribution in [0.25, 0.3) is 0 Å². The Labute approximate surface area is 118 Å². The summed E-state index contributed by atoms with van der Waals surface area (Å²) in [6.45, 7) is 4.79. The lowest BCUT2D eigenvalue weighted by Gasteiger charge is -2.26. The molecule has 1 aliphatic rings. The molecule has 1 aromatic carbocycles. The van der Waals surface area contributed by atoms with Crippen LogP contribution in [0.15, 0.2) is 30.3 Å². The van der Waals surface area contributed by atoms with E-state index in [1.807, 2.05) is 0 Å². The van der Waals surface area contributed by atoms with Crippen molar-refractivity contribution < 1.29 is 0 Å². The van der Waals surface area contributed by atoms with E-state index in [2.05, 4.69) is 42.6 Å². The van der Waals surface area contributed by atoms with Crippen molar-refractivity contribution >= 4 is 0 Å². The molecule has 1 aromatic rings. The third-order valence-electron chi connectivity index (χ3n) is 4.44. The van der Waals surface area contributed by atoms with E-state index in [0.29, 0.717) is 0 Å². The van der Waals surface area contributed by atoms with E-state index in [0.717, 1.165) is 18.4 Å².